The highest BCUT2D eigenvalue weighted by molar-refractivity contribution is 7.92. The Morgan fingerprint density at radius 2 is 1.56 bits per heavy atom. The fourth-order valence-corrected chi connectivity index (χ4v) is 6.11. The summed E-state index contributed by atoms with van der Waals surface area (Å²) < 4.78 is 34.7. The molecule has 0 heterocycles. The van der Waals surface area contributed by atoms with Crippen LogP contribution in [0.15, 0.2) is 77.7 Å². The number of nitrogens with zero attached hydrogens (tertiary/aromatic N) is 2. The van der Waals surface area contributed by atoms with E-state index in [4.69, 9.17) is 27.9 Å². The Labute approximate surface area is 252 Å². The average molecular weight is 621 g/mol. The van der Waals surface area contributed by atoms with Gasteiger partial charge in [0.2, 0.25) is 11.8 Å². The molecule has 0 unspecified atom stereocenters. The van der Waals surface area contributed by atoms with Crippen molar-refractivity contribution in [2.24, 2.45) is 0 Å². The molecule has 8 nitrogen and oxygen atoms in total. The van der Waals surface area contributed by atoms with Crippen molar-refractivity contribution in [2.45, 2.75) is 51.1 Å². The van der Waals surface area contributed by atoms with E-state index in [0.717, 1.165) is 17.1 Å². The zero-order chi connectivity index (χ0) is 30.0. The second kappa shape index (κ2) is 15.1. The van der Waals surface area contributed by atoms with Gasteiger partial charge in [-0.3, -0.25) is 13.9 Å². The van der Waals surface area contributed by atoms with E-state index in [1.807, 2.05) is 6.92 Å². The number of carbonyl (C=O) groups excluding carboxylic acids is 2. The summed E-state index contributed by atoms with van der Waals surface area (Å²) in [6.07, 6.45) is 1.66. The standard InChI is InChI=1S/C30H35Cl2N3O5S/c1-4-6-19-33-30(37)22(3)34(20-24-25(31)15-12-16-26(24)32)29(36)21-35(27-17-10-11-18-28(27)40-5-2)41(38,39)23-13-8-7-9-14-23/h7-18,22H,4-6,19-21H2,1-3H3,(H,33,37)/t22-/m0/s1. The number of ether oxygens (including phenoxy) is 1. The number of nitrogens with one attached hydrogen (secondary N) is 1. The van der Waals surface area contributed by atoms with Gasteiger partial charge in [-0.05, 0) is 56.7 Å². The third-order valence-corrected chi connectivity index (χ3v) is 8.91. The molecular weight excluding hydrogens is 585 g/mol. The van der Waals surface area contributed by atoms with Gasteiger partial charge < -0.3 is 15.0 Å². The van der Waals surface area contributed by atoms with E-state index >= 15 is 0 Å². The largest absolute Gasteiger partial charge is 0.492 e. The highest BCUT2D eigenvalue weighted by Gasteiger charge is 2.34. The predicted octanol–water partition coefficient (Wildman–Crippen LogP) is 5.92. The molecular formula is C30H35Cl2N3O5S. The Morgan fingerprint density at radius 3 is 2.20 bits per heavy atom. The van der Waals surface area contributed by atoms with Gasteiger partial charge in [-0.1, -0.05) is 72.9 Å². The van der Waals surface area contributed by atoms with E-state index in [-0.39, 0.29) is 29.6 Å². The molecule has 3 rings (SSSR count). The molecule has 220 valence electrons. The molecule has 0 bridgehead atoms. The molecule has 0 radical (unpaired) electrons. The Kier molecular flexibility index (Phi) is 11.9. The van der Waals surface area contributed by atoms with Crippen molar-refractivity contribution < 1.29 is 22.7 Å². The van der Waals surface area contributed by atoms with Crippen molar-refractivity contribution >= 4 is 50.7 Å². The number of halogens is 2. The average Bonchev–Trinajstić information content (AvgIpc) is 2.96. The fraction of sp³-hybridized carbons (Fsp3) is 0.333. The SMILES string of the molecule is CCCCNC(=O)[C@H](C)N(Cc1c(Cl)cccc1Cl)C(=O)CN(c1ccccc1OCC)S(=O)(=O)c1ccccc1. The molecule has 0 aromatic heterocycles. The molecule has 0 saturated carbocycles. The molecule has 41 heavy (non-hydrogen) atoms. The van der Waals surface area contributed by atoms with Crippen LogP contribution < -0.4 is 14.4 Å². The minimum Gasteiger partial charge on any atom is -0.492 e. The van der Waals surface area contributed by atoms with Gasteiger partial charge in [0.25, 0.3) is 10.0 Å². The summed E-state index contributed by atoms with van der Waals surface area (Å²) in [6.45, 7) is 5.41. The van der Waals surface area contributed by atoms with E-state index in [9.17, 15) is 18.0 Å². The molecule has 0 saturated heterocycles. The molecule has 2 amide bonds. The zero-order valence-electron chi connectivity index (χ0n) is 23.3. The van der Waals surface area contributed by atoms with Crippen molar-refractivity contribution in [1.82, 2.24) is 10.2 Å². The van der Waals surface area contributed by atoms with Crippen LogP contribution in [0.4, 0.5) is 5.69 Å². The molecule has 3 aromatic rings. The maximum absolute atomic E-state index is 14.1. The number of sulfonamides is 1. The van der Waals surface area contributed by atoms with Gasteiger partial charge in [0, 0.05) is 28.7 Å². The maximum atomic E-state index is 14.1. The van der Waals surface area contributed by atoms with Crippen molar-refractivity contribution in [3.8, 4) is 5.75 Å². The Morgan fingerprint density at radius 1 is 0.927 bits per heavy atom. The monoisotopic (exact) mass is 619 g/mol. The summed E-state index contributed by atoms with van der Waals surface area (Å²) >= 11 is 12.9. The summed E-state index contributed by atoms with van der Waals surface area (Å²) in [6, 6.07) is 18.5. The third-order valence-electron chi connectivity index (χ3n) is 6.43. The maximum Gasteiger partial charge on any atom is 0.264 e. The third kappa shape index (κ3) is 8.15. The number of anilines is 1. The van der Waals surface area contributed by atoms with E-state index in [1.165, 1.54) is 17.0 Å². The van der Waals surface area contributed by atoms with Gasteiger partial charge in [-0.15, -0.1) is 0 Å². The Balaban J connectivity index is 2.08. The van der Waals surface area contributed by atoms with Crippen LogP contribution in [0.1, 0.15) is 39.2 Å². The number of benzene rings is 3. The number of para-hydroxylation sites is 2. The van der Waals surface area contributed by atoms with Crippen LogP contribution in [0.5, 0.6) is 5.75 Å². The second-order valence-corrected chi connectivity index (χ2v) is 11.9. The van der Waals surface area contributed by atoms with Gasteiger partial charge in [0.05, 0.1) is 17.2 Å². The van der Waals surface area contributed by atoms with Crippen molar-refractivity contribution in [3.05, 3.63) is 88.4 Å². The molecule has 0 aliphatic rings. The number of rotatable bonds is 14. The summed E-state index contributed by atoms with van der Waals surface area (Å²) in [5.74, 6) is -0.694. The lowest BCUT2D eigenvalue weighted by molar-refractivity contribution is -0.139. The number of unbranched alkanes of at least 4 members (excludes halogenated alkanes) is 1. The summed E-state index contributed by atoms with van der Waals surface area (Å²) in [5.41, 5.74) is 0.645. The van der Waals surface area contributed by atoms with E-state index < -0.39 is 28.5 Å². The molecule has 0 aliphatic carbocycles. The van der Waals surface area contributed by atoms with Gasteiger partial charge in [0.15, 0.2) is 0 Å². The van der Waals surface area contributed by atoms with E-state index in [0.29, 0.717) is 27.9 Å². The molecule has 11 heteroatoms. The van der Waals surface area contributed by atoms with Crippen LogP contribution in [0.3, 0.4) is 0 Å². The van der Waals surface area contributed by atoms with E-state index in [1.54, 1.807) is 74.5 Å². The summed E-state index contributed by atoms with van der Waals surface area (Å²) in [4.78, 5) is 28.5. The minimum atomic E-state index is -4.22. The first-order valence-electron chi connectivity index (χ1n) is 13.4. The Hall–Kier alpha value is -3.27. The predicted molar refractivity (Wildman–Crippen MR) is 163 cm³/mol. The van der Waals surface area contributed by atoms with Crippen molar-refractivity contribution in [1.29, 1.82) is 0 Å². The van der Waals surface area contributed by atoms with Gasteiger partial charge in [0.1, 0.15) is 18.3 Å². The smallest absolute Gasteiger partial charge is 0.264 e. The van der Waals surface area contributed by atoms with Crippen LogP contribution in [0, 0.1) is 0 Å². The topological polar surface area (TPSA) is 96.0 Å². The summed E-state index contributed by atoms with van der Waals surface area (Å²) in [7, 11) is -4.22. The number of carbonyl (C=O) groups is 2. The van der Waals surface area contributed by atoms with Crippen LogP contribution in [-0.4, -0.2) is 50.9 Å². The first-order chi connectivity index (χ1) is 19.6. The normalized spacial score (nSPS) is 11.9. The first kappa shape index (κ1) is 32.2. The lowest BCUT2D eigenvalue weighted by Gasteiger charge is -2.32. The van der Waals surface area contributed by atoms with Crippen LogP contribution in [0.2, 0.25) is 10.0 Å². The number of hydrogen-bond donors (Lipinski definition) is 1. The summed E-state index contributed by atoms with van der Waals surface area (Å²) in [5, 5.41) is 3.50. The lowest BCUT2D eigenvalue weighted by atomic mass is 10.1. The zero-order valence-corrected chi connectivity index (χ0v) is 25.7. The van der Waals surface area contributed by atoms with Gasteiger partial charge >= 0.3 is 0 Å². The molecule has 0 spiro atoms. The van der Waals surface area contributed by atoms with Crippen molar-refractivity contribution in [2.75, 3.05) is 24.0 Å². The van der Waals surface area contributed by atoms with Gasteiger partial charge in [-0.25, -0.2) is 8.42 Å². The highest BCUT2D eigenvalue weighted by atomic mass is 35.5. The molecule has 0 fully saturated rings. The molecule has 1 atom stereocenters. The number of amides is 2. The molecule has 1 N–H and O–H groups in total. The second-order valence-electron chi connectivity index (χ2n) is 9.27. The van der Waals surface area contributed by atoms with Crippen LogP contribution in [-0.2, 0) is 26.2 Å². The van der Waals surface area contributed by atoms with Crippen LogP contribution in [0.25, 0.3) is 0 Å². The van der Waals surface area contributed by atoms with E-state index in [2.05, 4.69) is 5.32 Å². The minimum absolute atomic E-state index is 0.00477. The van der Waals surface area contributed by atoms with Gasteiger partial charge in [-0.2, -0.15) is 0 Å². The first-order valence-corrected chi connectivity index (χ1v) is 15.6. The molecule has 0 aliphatic heterocycles. The fourth-order valence-electron chi connectivity index (χ4n) is 4.15. The Bertz CT molecular complexity index is 1420. The highest BCUT2D eigenvalue weighted by Crippen LogP contribution is 2.33. The lowest BCUT2D eigenvalue weighted by Crippen LogP contribution is -2.51. The molecule has 3 aromatic carbocycles. The quantitative estimate of drug-likeness (QED) is 0.226. The van der Waals surface area contributed by atoms with Crippen molar-refractivity contribution in [3.63, 3.8) is 0 Å². The van der Waals surface area contributed by atoms with Crippen LogP contribution >= 0.6 is 23.2 Å². The number of hydrogen-bond acceptors (Lipinski definition) is 5.